The lowest BCUT2D eigenvalue weighted by molar-refractivity contribution is -0.121. The number of halogens is 2. The van der Waals surface area contributed by atoms with Gasteiger partial charge in [-0.05, 0) is 48.3 Å². The lowest BCUT2D eigenvalue weighted by Crippen LogP contribution is -2.02. The molecule has 1 N–H and O–H groups in total. The maximum atomic E-state index is 12.2. The van der Waals surface area contributed by atoms with Gasteiger partial charge in [0, 0.05) is 17.8 Å². The number of carbonyl (C=O) groups excluding carboxylic acids is 1. The van der Waals surface area contributed by atoms with Crippen molar-refractivity contribution < 1.29 is 27.5 Å². The zero-order chi connectivity index (χ0) is 21.5. The van der Waals surface area contributed by atoms with Gasteiger partial charge in [-0.15, -0.1) is 0 Å². The first-order valence-electron chi connectivity index (χ1n) is 9.44. The Kier molecular flexibility index (Phi) is 7.19. The van der Waals surface area contributed by atoms with Gasteiger partial charge < -0.3 is 19.2 Å². The number of alkyl halides is 2. The summed E-state index contributed by atoms with van der Waals surface area (Å²) in [5.41, 5.74) is 4.58. The maximum absolute atomic E-state index is 12.2. The fraction of sp³-hybridized carbons (Fsp3) is 0.261. The molecular formula is C23H23F2NO4. The first-order valence-corrected chi connectivity index (χ1v) is 9.44. The summed E-state index contributed by atoms with van der Waals surface area (Å²) in [7, 11) is 1.31. The van der Waals surface area contributed by atoms with Crippen LogP contribution in [-0.4, -0.2) is 26.3 Å². The van der Waals surface area contributed by atoms with Crippen LogP contribution in [0.4, 0.5) is 14.5 Å². The number of anilines is 1. The minimum absolute atomic E-state index is 0.0836. The van der Waals surface area contributed by atoms with E-state index in [1.165, 1.54) is 7.11 Å². The van der Waals surface area contributed by atoms with Crippen molar-refractivity contribution >= 4 is 17.2 Å². The number of esters is 1. The van der Waals surface area contributed by atoms with Crippen LogP contribution < -0.4 is 5.32 Å². The molecule has 1 aliphatic rings. The number of ether oxygens (including phenoxy) is 2. The normalized spacial score (nSPS) is 13.6. The van der Waals surface area contributed by atoms with Gasteiger partial charge in [-0.3, -0.25) is 0 Å². The van der Waals surface area contributed by atoms with E-state index in [2.05, 4.69) is 14.8 Å². The Morgan fingerprint density at radius 2 is 2.00 bits per heavy atom. The van der Waals surface area contributed by atoms with E-state index in [1.807, 2.05) is 48.6 Å². The molecule has 1 aromatic heterocycles. The SMILES string of the molecule is COC(=O)c1cc(CNc2ccc(C3=CC=C(COC(F)F)CC=C3)cc2)c(C)o1. The largest absolute Gasteiger partial charge is 0.463 e. The Balaban J connectivity index is 1.62. The third-order valence-electron chi connectivity index (χ3n) is 4.68. The molecule has 0 radical (unpaired) electrons. The number of benzene rings is 1. The number of allylic oxidation sites excluding steroid dienone is 5. The number of carbonyl (C=O) groups is 1. The molecule has 0 atom stereocenters. The van der Waals surface area contributed by atoms with Gasteiger partial charge in [0.2, 0.25) is 5.76 Å². The van der Waals surface area contributed by atoms with Gasteiger partial charge in [0.15, 0.2) is 0 Å². The second-order valence-electron chi connectivity index (χ2n) is 6.74. The number of rotatable bonds is 8. The van der Waals surface area contributed by atoms with Crippen molar-refractivity contribution in [2.24, 2.45) is 0 Å². The van der Waals surface area contributed by atoms with Gasteiger partial charge >= 0.3 is 12.6 Å². The van der Waals surface area contributed by atoms with Crippen molar-refractivity contribution in [1.29, 1.82) is 0 Å². The molecule has 5 nitrogen and oxygen atoms in total. The summed E-state index contributed by atoms with van der Waals surface area (Å²) < 4.78 is 38.9. The van der Waals surface area contributed by atoms with Gasteiger partial charge in [-0.1, -0.05) is 36.4 Å². The van der Waals surface area contributed by atoms with Gasteiger partial charge in [0.1, 0.15) is 5.76 Å². The molecule has 0 saturated heterocycles. The first-order chi connectivity index (χ1) is 14.5. The third-order valence-corrected chi connectivity index (χ3v) is 4.68. The van der Waals surface area contributed by atoms with Crippen molar-refractivity contribution in [3.8, 4) is 0 Å². The quantitative estimate of drug-likeness (QED) is 0.577. The average molecular weight is 415 g/mol. The fourth-order valence-corrected chi connectivity index (χ4v) is 3.01. The van der Waals surface area contributed by atoms with Crippen LogP contribution in [0.3, 0.4) is 0 Å². The monoisotopic (exact) mass is 415 g/mol. The first kappa shape index (κ1) is 21.5. The minimum Gasteiger partial charge on any atom is -0.463 e. The summed E-state index contributed by atoms with van der Waals surface area (Å²) >= 11 is 0. The Morgan fingerprint density at radius 1 is 1.23 bits per heavy atom. The third kappa shape index (κ3) is 5.67. The number of hydrogen-bond donors (Lipinski definition) is 1. The maximum Gasteiger partial charge on any atom is 0.373 e. The van der Waals surface area contributed by atoms with E-state index >= 15 is 0 Å². The predicted molar refractivity (Wildman–Crippen MR) is 110 cm³/mol. The van der Waals surface area contributed by atoms with E-state index < -0.39 is 12.6 Å². The van der Waals surface area contributed by atoms with E-state index in [-0.39, 0.29) is 12.4 Å². The molecule has 0 fully saturated rings. The van der Waals surface area contributed by atoms with E-state index in [4.69, 9.17) is 4.42 Å². The molecule has 3 rings (SSSR count). The lowest BCUT2D eigenvalue weighted by Gasteiger charge is -2.07. The molecule has 7 heteroatoms. The number of furan rings is 1. The van der Waals surface area contributed by atoms with Crippen LogP contribution >= 0.6 is 0 Å². The molecule has 1 heterocycles. The summed E-state index contributed by atoms with van der Waals surface area (Å²) in [4.78, 5) is 11.6. The molecule has 0 unspecified atom stereocenters. The van der Waals surface area contributed by atoms with Crippen molar-refractivity contribution in [3.63, 3.8) is 0 Å². The van der Waals surface area contributed by atoms with Crippen molar-refractivity contribution in [2.75, 3.05) is 19.0 Å². The van der Waals surface area contributed by atoms with E-state index in [0.29, 0.717) is 18.7 Å². The molecule has 1 aromatic carbocycles. The molecule has 0 aliphatic heterocycles. The second kappa shape index (κ2) is 10.0. The molecule has 2 aromatic rings. The molecule has 158 valence electrons. The molecule has 0 bridgehead atoms. The zero-order valence-electron chi connectivity index (χ0n) is 16.8. The van der Waals surface area contributed by atoms with Crippen LogP contribution in [0.5, 0.6) is 0 Å². The Labute approximate surface area is 173 Å². The van der Waals surface area contributed by atoms with Gasteiger partial charge in [-0.2, -0.15) is 8.78 Å². The molecule has 1 aliphatic carbocycles. The molecule has 0 amide bonds. The van der Waals surface area contributed by atoms with E-state index in [0.717, 1.165) is 28.0 Å². The highest BCUT2D eigenvalue weighted by Crippen LogP contribution is 2.23. The van der Waals surface area contributed by atoms with Gasteiger partial charge in [-0.25, -0.2) is 4.79 Å². The summed E-state index contributed by atoms with van der Waals surface area (Å²) in [6.45, 7) is -0.546. The average Bonchev–Trinajstić information content (AvgIpc) is 2.96. The fourth-order valence-electron chi connectivity index (χ4n) is 3.01. The Bertz CT molecular complexity index is 972. The highest BCUT2D eigenvalue weighted by atomic mass is 19.3. The summed E-state index contributed by atoms with van der Waals surface area (Å²) in [6.07, 6.45) is 8.21. The summed E-state index contributed by atoms with van der Waals surface area (Å²) in [6, 6.07) is 9.54. The topological polar surface area (TPSA) is 60.7 Å². The number of nitrogens with one attached hydrogen (secondary N) is 1. The van der Waals surface area contributed by atoms with Crippen LogP contribution in [0.15, 0.2) is 64.6 Å². The molecule has 0 saturated carbocycles. The Morgan fingerprint density at radius 3 is 2.70 bits per heavy atom. The van der Waals surface area contributed by atoms with Crippen LogP contribution in [0.2, 0.25) is 0 Å². The van der Waals surface area contributed by atoms with Crippen molar-refractivity contribution in [3.05, 3.63) is 82.9 Å². The van der Waals surface area contributed by atoms with Crippen molar-refractivity contribution in [2.45, 2.75) is 26.5 Å². The van der Waals surface area contributed by atoms with Gasteiger partial charge in [0.05, 0.1) is 13.7 Å². The van der Waals surface area contributed by atoms with E-state index in [9.17, 15) is 13.6 Å². The highest BCUT2D eigenvalue weighted by Gasteiger charge is 2.14. The highest BCUT2D eigenvalue weighted by molar-refractivity contribution is 5.86. The standard InChI is InChI=1S/C23H23F2NO4/c1-15-19(12-21(30-15)22(27)28-2)13-26-20-10-8-18(9-11-20)17-5-3-4-16(6-7-17)14-29-23(24)25/h3,5-12,23,26H,4,13-14H2,1-2H3. The Hall–Kier alpha value is -3.19. The lowest BCUT2D eigenvalue weighted by atomic mass is 10.0. The number of aryl methyl sites for hydroxylation is 1. The minimum atomic E-state index is -2.76. The number of hydrogen-bond acceptors (Lipinski definition) is 5. The smallest absolute Gasteiger partial charge is 0.373 e. The second-order valence-corrected chi connectivity index (χ2v) is 6.74. The van der Waals surface area contributed by atoms with Crippen LogP contribution in [0.1, 0.15) is 33.9 Å². The zero-order valence-corrected chi connectivity index (χ0v) is 16.8. The molecule has 0 spiro atoms. The summed E-state index contributed by atoms with van der Waals surface area (Å²) in [5, 5.41) is 3.30. The van der Waals surface area contributed by atoms with E-state index in [1.54, 1.807) is 13.0 Å². The van der Waals surface area contributed by atoms with Crippen molar-refractivity contribution in [1.82, 2.24) is 0 Å². The van der Waals surface area contributed by atoms with Crippen LogP contribution in [0.25, 0.3) is 5.57 Å². The molecular weight excluding hydrogens is 392 g/mol. The van der Waals surface area contributed by atoms with Crippen LogP contribution in [-0.2, 0) is 16.0 Å². The molecule has 30 heavy (non-hydrogen) atoms. The summed E-state index contributed by atoms with van der Waals surface area (Å²) in [5.74, 6) is 0.337. The predicted octanol–water partition coefficient (Wildman–Crippen LogP) is 5.50. The van der Waals surface area contributed by atoms with Gasteiger partial charge in [0.25, 0.3) is 0 Å². The van der Waals surface area contributed by atoms with Crippen LogP contribution in [0, 0.1) is 6.92 Å². The number of methoxy groups -OCH3 is 1.